The van der Waals surface area contributed by atoms with E-state index >= 15 is 0 Å². The second-order valence-corrected chi connectivity index (χ2v) is 6.82. The topological polar surface area (TPSA) is 111 Å². The number of benzene rings is 1. The molecule has 1 aliphatic heterocycles. The van der Waals surface area contributed by atoms with Crippen LogP contribution in [0.1, 0.15) is 45.6 Å². The van der Waals surface area contributed by atoms with Crippen LogP contribution in [0.4, 0.5) is 27.6 Å². The van der Waals surface area contributed by atoms with E-state index in [1.54, 1.807) is 10.8 Å². The molecule has 0 saturated heterocycles. The number of imidazole rings is 1. The lowest BCUT2D eigenvalue weighted by Crippen LogP contribution is -2.27. The Morgan fingerprint density at radius 2 is 1.97 bits per heavy atom. The molecule has 0 radical (unpaired) electrons. The molecule has 0 aliphatic carbocycles. The summed E-state index contributed by atoms with van der Waals surface area (Å²) < 4.78 is 66.7. The number of hydrogen-bond acceptors (Lipinski definition) is 6. The Balaban J connectivity index is 1.61. The van der Waals surface area contributed by atoms with Crippen molar-refractivity contribution >= 4 is 17.4 Å². The predicted molar refractivity (Wildman–Crippen MR) is 102 cm³/mol. The highest BCUT2D eigenvalue weighted by molar-refractivity contribution is 6.02. The molecule has 8 nitrogen and oxygen atoms in total. The maximum absolute atomic E-state index is 13.6. The Morgan fingerprint density at radius 3 is 2.62 bits per heavy atom. The highest BCUT2D eigenvalue weighted by atomic mass is 19.4. The monoisotopic (exact) mass is 451 g/mol. The van der Waals surface area contributed by atoms with Gasteiger partial charge < -0.3 is 15.6 Å². The van der Waals surface area contributed by atoms with E-state index < -0.39 is 30.2 Å². The van der Waals surface area contributed by atoms with Crippen molar-refractivity contribution in [2.45, 2.75) is 25.2 Å². The quantitative estimate of drug-likeness (QED) is 0.591. The Labute approximate surface area is 177 Å². The van der Waals surface area contributed by atoms with Gasteiger partial charge >= 0.3 is 6.18 Å². The van der Waals surface area contributed by atoms with E-state index in [-0.39, 0.29) is 34.9 Å². The van der Waals surface area contributed by atoms with E-state index in [0.29, 0.717) is 18.2 Å². The van der Waals surface area contributed by atoms with Crippen molar-refractivity contribution in [2.24, 2.45) is 10.7 Å². The van der Waals surface area contributed by atoms with E-state index in [1.807, 2.05) is 0 Å². The predicted octanol–water partition coefficient (Wildman–Crippen LogP) is 3.34. The van der Waals surface area contributed by atoms with Crippen LogP contribution in [0.5, 0.6) is 0 Å². The number of amides is 1. The van der Waals surface area contributed by atoms with Crippen molar-refractivity contribution in [3.05, 3.63) is 71.3 Å². The molecule has 3 aromatic rings. The zero-order valence-corrected chi connectivity index (χ0v) is 16.0. The van der Waals surface area contributed by atoms with Crippen molar-refractivity contribution < 1.29 is 26.7 Å². The summed E-state index contributed by atoms with van der Waals surface area (Å²) in [6, 6.07) is 2.95. The van der Waals surface area contributed by atoms with Crippen molar-refractivity contribution in [2.75, 3.05) is 5.32 Å². The van der Waals surface area contributed by atoms with Crippen molar-refractivity contribution in [1.82, 2.24) is 19.5 Å². The van der Waals surface area contributed by atoms with Crippen LogP contribution >= 0.6 is 0 Å². The minimum absolute atomic E-state index is 0.0842. The maximum Gasteiger partial charge on any atom is 0.434 e. The number of carbonyl (C=O) groups excluding carboxylic acids is 1. The third kappa shape index (κ3) is 4.13. The molecule has 166 valence electrons. The van der Waals surface area contributed by atoms with Gasteiger partial charge in [-0.15, -0.1) is 0 Å². The Morgan fingerprint density at radius 1 is 1.19 bits per heavy atom. The van der Waals surface area contributed by atoms with Crippen LogP contribution in [-0.2, 0) is 12.7 Å². The van der Waals surface area contributed by atoms with Gasteiger partial charge in [0.15, 0.2) is 17.4 Å². The summed E-state index contributed by atoms with van der Waals surface area (Å²) in [5.41, 5.74) is 4.25. The molecule has 0 fully saturated rings. The lowest BCUT2D eigenvalue weighted by atomic mass is 9.98. The average Bonchev–Trinajstić information content (AvgIpc) is 3.22. The van der Waals surface area contributed by atoms with Gasteiger partial charge in [0.05, 0.1) is 25.0 Å². The molecular weight excluding hydrogens is 437 g/mol. The maximum atomic E-state index is 13.6. The molecule has 3 N–H and O–H groups in total. The second kappa shape index (κ2) is 7.98. The SMILES string of the molecule is NC1=NC(c2cc(NC(=O)c3cnc(C(F)(F)F)cn3)ccc2C(F)F)Cn2ccnc21. The normalized spacial score (nSPS) is 15.9. The summed E-state index contributed by atoms with van der Waals surface area (Å²) in [7, 11) is 0. The second-order valence-electron chi connectivity index (χ2n) is 6.82. The first kappa shape index (κ1) is 21.3. The first-order valence-corrected chi connectivity index (χ1v) is 9.11. The fourth-order valence-electron chi connectivity index (χ4n) is 3.24. The first-order chi connectivity index (χ1) is 15.1. The summed E-state index contributed by atoms with van der Waals surface area (Å²) in [5.74, 6) is -0.350. The van der Waals surface area contributed by atoms with Crippen LogP contribution in [0.2, 0.25) is 0 Å². The molecule has 1 amide bonds. The van der Waals surface area contributed by atoms with Crippen molar-refractivity contribution in [1.29, 1.82) is 0 Å². The van der Waals surface area contributed by atoms with Crippen molar-refractivity contribution in [3.63, 3.8) is 0 Å². The molecule has 32 heavy (non-hydrogen) atoms. The standard InChI is InChI=1S/C19H14F5N7O/c20-15(21)10-2-1-9(29-18(32)12-6-28-14(7-27-12)19(22,23)24)5-11(10)13-8-31-4-3-26-17(31)16(25)30-13/h1-7,13,15H,8H2,(H2,25,30)(H,29,32). The molecule has 1 aromatic carbocycles. The molecule has 0 bridgehead atoms. The largest absolute Gasteiger partial charge is 0.434 e. The van der Waals surface area contributed by atoms with Gasteiger partial charge in [-0.25, -0.2) is 23.7 Å². The fraction of sp³-hybridized carbons (Fsp3) is 0.211. The summed E-state index contributed by atoms with van der Waals surface area (Å²) in [6.07, 6.45) is -3.24. The Hall–Kier alpha value is -3.90. The van der Waals surface area contributed by atoms with Crippen LogP contribution in [0, 0.1) is 0 Å². The highest BCUT2D eigenvalue weighted by Gasteiger charge is 2.33. The molecule has 1 unspecified atom stereocenters. The molecule has 4 rings (SSSR count). The number of rotatable bonds is 4. The number of nitrogens with zero attached hydrogens (tertiary/aromatic N) is 5. The number of aliphatic imine (C=N–C) groups is 1. The third-order valence-electron chi connectivity index (χ3n) is 4.72. The Bertz CT molecular complexity index is 1190. The number of carbonyl (C=O) groups is 1. The minimum Gasteiger partial charge on any atom is -0.381 e. The van der Waals surface area contributed by atoms with E-state index in [9.17, 15) is 26.7 Å². The molecular formula is C19H14F5N7O. The van der Waals surface area contributed by atoms with E-state index in [0.717, 1.165) is 6.07 Å². The van der Waals surface area contributed by atoms with E-state index in [4.69, 9.17) is 5.73 Å². The molecule has 0 saturated carbocycles. The molecule has 2 aromatic heterocycles. The van der Waals surface area contributed by atoms with Crippen LogP contribution in [0.15, 0.2) is 48.0 Å². The van der Waals surface area contributed by atoms with Gasteiger partial charge in [-0.2, -0.15) is 13.2 Å². The number of nitrogens with two attached hydrogens (primary N) is 1. The smallest absolute Gasteiger partial charge is 0.381 e. The molecule has 0 spiro atoms. The lowest BCUT2D eigenvalue weighted by Gasteiger charge is -2.23. The molecule has 13 heteroatoms. The first-order valence-electron chi connectivity index (χ1n) is 9.11. The number of hydrogen-bond donors (Lipinski definition) is 2. The van der Waals surface area contributed by atoms with Gasteiger partial charge in [0.2, 0.25) is 0 Å². The molecule has 1 atom stereocenters. The summed E-state index contributed by atoms with van der Waals surface area (Å²) in [5, 5.41) is 2.42. The van der Waals surface area contributed by atoms with Crippen LogP contribution in [0.3, 0.4) is 0 Å². The number of nitrogens with one attached hydrogen (secondary N) is 1. The Kier molecular flexibility index (Phi) is 5.32. The third-order valence-corrected chi connectivity index (χ3v) is 4.72. The van der Waals surface area contributed by atoms with Gasteiger partial charge in [-0.05, 0) is 17.7 Å². The average molecular weight is 451 g/mol. The molecule has 1 aliphatic rings. The lowest BCUT2D eigenvalue weighted by molar-refractivity contribution is -0.141. The van der Waals surface area contributed by atoms with Gasteiger partial charge in [0.1, 0.15) is 5.69 Å². The number of amidine groups is 1. The van der Waals surface area contributed by atoms with Crippen molar-refractivity contribution in [3.8, 4) is 0 Å². The zero-order valence-electron chi connectivity index (χ0n) is 16.0. The number of anilines is 1. The summed E-state index contributed by atoms with van der Waals surface area (Å²) >= 11 is 0. The minimum atomic E-state index is -4.69. The van der Waals surface area contributed by atoms with Gasteiger partial charge in [0.25, 0.3) is 12.3 Å². The van der Waals surface area contributed by atoms with Gasteiger partial charge in [-0.3, -0.25) is 9.79 Å². The molecule has 3 heterocycles. The zero-order chi connectivity index (χ0) is 23.0. The fourth-order valence-corrected chi connectivity index (χ4v) is 3.24. The van der Waals surface area contributed by atoms with E-state index in [1.165, 1.54) is 18.3 Å². The number of alkyl halides is 5. The van der Waals surface area contributed by atoms with Crippen LogP contribution < -0.4 is 11.1 Å². The van der Waals surface area contributed by atoms with E-state index in [2.05, 4.69) is 25.3 Å². The highest BCUT2D eigenvalue weighted by Crippen LogP contribution is 2.34. The van der Waals surface area contributed by atoms with Crippen LogP contribution in [-0.4, -0.2) is 31.3 Å². The summed E-state index contributed by atoms with van der Waals surface area (Å²) in [6.45, 7) is 0.206. The number of fused-ring (bicyclic) bond motifs is 1. The van der Waals surface area contributed by atoms with Crippen LogP contribution in [0.25, 0.3) is 0 Å². The summed E-state index contributed by atoms with van der Waals surface area (Å²) in [4.78, 5) is 27.3. The van der Waals surface area contributed by atoms with Gasteiger partial charge in [0, 0.05) is 23.6 Å². The van der Waals surface area contributed by atoms with Gasteiger partial charge in [-0.1, -0.05) is 6.07 Å². The number of aromatic nitrogens is 4. The number of halogens is 5.